The van der Waals surface area contributed by atoms with Gasteiger partial charge >= 0.3 is 5.97 Å². The molecule has 0 saturated carbocycles. The number of hydrogen-bond acceptors (Lipinski definition) is 7. The quantitative estimate of drug-likeness (QED) is 0.497. The molecule has 0 N–H and O–H groups in total. The molecule has 19 heavy (non-hydrogen) atoms. The Kier molecular flexibility index (Phi) is 3.83. The lowest BCUT2D eigenvalue weighted by atomic mass is 10.4. The predicted molar refractivity (Wildman–Crippen MR) is 59.7 cm³/mol. The summed E-state index contributed by atoms with van der Waals surface area (Å²) in [7, 11) is 0. The van der Waals surface area contributed by atoms with Crippen LogP contribution in [0, 0.1) is 0 Å². The van der Waals surface area contributed by atoms with Crippen LogP contribution in [-0.2, 0) is 20.9 Å². The van der Waals surface area contributed by atoms with Crippen molar-refractivity contribution in [2.24, 2.45) is 0 Å². The standard InChI is InChI=1S/C10H13N5O4/c1-2-19-10(18)9-11-12-13-15(9)6-5-14-7(16)3-4-8(14)17/h2-6H2,1H3. The van der Waals surface area contributed by atoms with E-state index in [0.717, 1.165) is 4.90 Å². The molecule has 0 aromatic carbocycles. The zero-order chi connectivity index (χ0) is 13.8. The molecule has 1 aliphatic rings. The Balaban J connectivity index is 2.00. The predicted octanol–water partition coefficient (Wildman–Crippen LogP) is -1.00. The lowest BCUT2D eigenvalue weighted by molar-refractivity contribution is -0.138. The molecule has 2 rings (SSSR count). The number of tetrazole rings is 1. The van der Waals surface area contributed by atoms with E-state index in [1.54, 1.807) is 6.92 Å². The topological polar surface area (TPSA) is 107 Å². The van der Waals surface area contributed by atoms with Crippen LogP contribution in [0.3, 0.4) is 0 Å². The maximum absolute atomic E-state index is 11.5. The Labute approximate surface area is 108 Å². The summed E-state index contributed by atoms with van der Waals surface area (Å²) in [5.74, 6) is -1.10. The smallest absolute Gasteiger partial charge is 0.378 e. The fraction of sp³-hybridized carbons (Fsp3) is 0.600. The molecule has 0 bridgehead atoms. The van der Waals surface area contributed by atoms with E-state index in [2.05, 4.69) is 15.5 Å². The van der Waals surface area contributed by atoms with Gasteiger partial charge in [-0.1, -0.05) is 0 Å². The van der Waals surface area contributed by atoms with E-state index >= 15 is 0 Å². The van der Waals surface area contributed by atoms with Crippen LogP contribution in [0.25, 0.3) is 0 Å². The number of esters is 1. The molecule has 2 amide bonds. The minimum Gasteiger partial charge on any atom is -0.460 e. The zero-order valence-corrected chi connectivity index (χ0v) is 10.4. The number of likely N-dealkylation sites (tertiary alicyclic amines) is 1. The molecule has 0 spiro atoms. The molecule has 1 fully saturated rings. The number of carbonyl (C=O) groups excluding carboxylic acids is 3. The van der Waals surface area contributed by atoms with Crippen LogP contribution < -0.4 is 0 Å². The third-order valence-electron chi connectivity index (χ3n) is 2.68. The van der Waals surface area contributed by atoms with Gasteiger partial charge in [0.25, 0.3) is 5.82 Å². The first-order valence-electron chi connectivity index (χ1n) is 5.90. The first-order chi connectivity index (χ1) is 9.13. The van der Waals surface area contributed by atoms with Gasteiger partial charge in [0.15, 0.2) is 0 Å². The SMILES string of the molecule is CCOC(=O)c1nnnn1CCN1C(=O)CCC1=O. The Morgan fingerprint density at radius 1 is 1.26 bits per heavy atom. The highest BCUT2D eigenvalue weighted by Gasteiger charge is 2.29. The second-order valence-electron chi connectivity index (χ2n) is 3.89. The molecule has 102 valence electrons. The fourth-order valence-electron chi connectivity index (χ4n) is 1.76. The van der Waals surface area contributed by atoms with Gasteiger partial charge in [0.1, 0.15) is 0 Å². The van der Waals surface area contributed by atoms with Gasteiger partial charge in [-0.15, -0.1) is 5.10 Å². The third kappa shape index (κ3) is 2.75. The number of rotatable bonds is 5. The fourth-order valence-corrected chi connectivity index (χ4v) is 1.76. The van der Waals surface area contributed by atoms with E-state index in [0.29, 0.717) is 0 Å². The molecule has 0 unspecified atom stereocenters. The summed E-state index contributed by atoms with van der Waals surface area (Å²) in [6, 6.07) is 0. The summed E-state index contributed by atoms with van der Waals surface area (Å²) >= 11 is 0. The van der Waals surface area contributed by atoms with Crippen LogP contribution in [0.4, 0.5) is 0 Å². The number of hydrogen-bond donors (Lipinski definition) is 0. The number of carbonyl (C=O) groups is 3. The molecule has 0 aliphatic carbocycles. The minimum absolute atomic E-state index is 0.0408. The van der Waals surface area contributed by atoms with Crippen molar-refractivity contribution < 1.29 is 19.1 Å². The van der Waals surface area contributed by atoms with Crippen molar-refractivity contribution in [3.8, 4) is 0 Å². The zero-order valence-electron chi connectivity index (χ0n) is 10.4. The normalized spacial score (nSPS) is 15.1. The van der Waals surface area contributed by atoms with E-state index < -0.39 is 5.97 Å². The van der Waals surface area contributed by atoms with Crippen LogP contribution in [0.2, 0.25) is 0 Å². The van der Waals surface area contributed by atoms with E-state index in [1.807, 2.05) is 0 Å². The second-order valence-corrected chi connectivity index (χ2v) is 3.89. The van der Waals surface area contributed by atoms with Crippen LogP contribution in [0.5, 0.6) is 0 Å². The summed E-state index contributed by atoms with van der Waals surface area (Å²) in [6.45, 7) is 2.20. The molecule has 1 aliphatic heterocycles. The molecular weight excluding hydrogens is 254 g/mol. The average molecular weight is 267 g/mol. The Morgan fingerprint density at radius 2 is 1.95 bits per heavy atom. The third-order valence-corrected chi connectivity index (χ3v) is 2.68. The highest BCUT2D eigenvalue weighted by atomic mass is 16.5. The lowest BCUT2D eigenvalue weighted by Gasteiger charge is -2.13. The number of amides is 2. The van der Waals surface area contributed by atoms with Crippen molar-refractivity contribution in [1.82, 2.24) is 25.1 Å². The molecule has 9 heteroatoms. The first-order valence-corrected chi connectivity index (χ1v) is 5.90. The molecule has 0 atom stereocenters. The summed E-state index contributed by atoms with van der Waals surface area (Å²) in [5, 5.41) is 10.6. The minimum atomic E-state index is -0.633. The van der Waals surface area contributed by atoms with Crippen molar-refractivity contribution in [2.45, 2.75) is 26.3 Å². The number of ether oxygens (including phenoxy) is 1. The van der Waals surface area contributed by atoms with Crippen molar-refractivity contribution in [3.63, 3.8) is 0 Å². The van der Waals surface area contributed by atoms with Crippen molar-refractivity contribution in [1.29, 1.82) is 0 Å². The van der Waals surface area contributed by atoms with E-state index in [9.17, 15) is 14.4 Å². The van der Waals surface area contributed by atoms with Crippen LogP contribution in [0.1, 0.15) is 30.4 Å². The largest absolute Gasteiger partial charge is 0.460 e. The van der Waals surface area contributed by atoms with Gasteiger partial charge in [-0.3, -0.25) is 14.5 Å². The lowest BCUT2D eigenvalue weighted by Crippen LogP contribution is -2.33. The molecule has 1 saturated heterocycles. The summed E-state index contributed by atoms with van der Waals surface area (Å²) in [6.07, 6.45) is 0.471. The van der Waals surface area contributed by atoms with E-state index in [1.165, 1.54) is 4.68 Å². The van der Waals surface area contributed by atoms with E-state index in [4.69, 9.17) is 4.74 Å². The van der Waals surface area contributed by atoms with Gasteiger partial charge in [-0.2, -0.15) is 0 Å². The Hall–Kier alpha value is -2.32. The Morgan fingerprint density at radius 3 is 2.58 bits per heavy atom. The maximum atomic E-state index is 11.5. The van der Waals surface area contributed by atoms with Gasteiger partial charge in [0.2, 0.25) is 11.8 Å². The average Bonchev–Trinajstić information content (AvgIpc) is 2.96. The highest BCUT2D eigenvalue weighted by molar-refractivity contribution is 6.01. The molecule has 1 aromatic rings. The number of nitrogens with zero attached hydrogens (tertiary/aromatic N) is 5. The Bertz CT molecular complexity index is 496. The molecular formula is C10H13N5O4. The van der Waals surface area contributed by atoms with Crippen molar-refractivity contribution in [2.75, 3.05) is 13.2 Å². The van der Waals surface area contributed by atoms with Crippen molar-refractivity contribution >= 4 is 17.8 Å². The first kappa shape index (κ1) is 13.1. The molecule has 1 aromatic heterocycles. The highest BCUT2D eigenvalue weighted by Crippen LogP contribution is 2.11. The van der Waals surface area contributed by atoms with Gasteiger partial charge < -0.3 is 4.74 Å². The van der Waals surface area contributed by atoms with E-state index in [-0.39, 0.29) is 50.2 Å². The summed E-state index contributed by atoms with van der Waals surface area (Å²) in [4.78, 5) is 35.5. The molecule has 2 heterocycles. The van der Waals surface area contributed by atoms with Crippen molar-refractivity contribution in [3.05, 3.63) is 5.82 Å². The maximum Gasteiger partial charge on any atom is 0.378 e. The van der Waals surface area contributed by atoms with Gasteiger partial charge in [0, 0.05) is 19.4 Å². The van der Waals surface area contributed by atoms with Gasteiger partial charge in [0.05, 0.1) is 13.2 Å². The van der Waals surface area contributed by atoms with Crippen LogP contribution >= 0.6 is 0 Å². The van der Waals surface area contributed by atoms with Crippen LogP contribution in [-0.4, -0.2) is 56.0 Å². The molecule has 9 nitrogen and oxygen atoms in total. The number of imide groups is 1. The summed E-state index contributed by atoms with van der Waals surface area (Å²) < 4.78 is 6.01. The monoisotopic (exact) mass is 267 g/mol. The van der Waals surface area contributed by atoms with Crippen LogP contribution in [0.15, 0.2) is 0 Å². The molecule has 0 radical (unpaired) electrons. The van der Waals surface area contributed by atoms with Gasteiger partial charge in [-0.05, 0) is 17.4 Å². The second kappa shape index (κ2) is 5.55. The summed E-state index contributed by atoms with van der Waals surface area (Å²) in [5.41, 5.74) is 0. The van der Waals surface area contributed by atoms with Gasteiger partial charge in [-0.25, -0.2) is 9.48 Å². The number of aromatic nitrogens is 4.